The highest BCUT2D eigenvalue weighted by atomic mass is 16.5. The lowest BCUT2D eigenvalue weighted by Crippen LogP contribution is -2.55. The zero-order chi connectivity index (χ0) is 13.3. The zero-order valence-electron chi connectivity index (χ0n) is 11.0. The molecule has 19 heavy (non-hydrogen) atoms. The molecule has 1 saturated heterocycles. The summed E-state index contributed by atoms with van der Waals surface area (Å²) in [6, 6.07) is 8.32. The summed E-state index contributed by atoms with van der Waals surface area (Å²) in [6.45, 7) is 3.08. The first-order valence-corrected chi connectivity index (χ1v) is 6.81. The second kappa shape index (κ2) is 4.94. The fourth-order valence-electron chi connectivity index (χ4n) is 3.45. The van der Waals surface area contributed by atoms with Crippen LogP contribution in [0.25, 0.3) is 0 Å². The number of nitrogens with zero attached hydrogens (tertiary/aromatic N) is 1. The van der Waals surface area contributed by atoms with E-state index in [0.29, 0.717) is 13.2 Å². The zero-order valence-corrected chi connectivity index (χ0v) is 11.0. The third kappa shape index (κ3) is 2.38. The maximum Gasteiger partial charge on any atom is 0.305 e. The molecule has 0 saturated carbocycles. The molecule has 1 fully saturated rings. The molecule has 0 radical (unpaired) electrons. The molecule has 0 spiro atoms. The van der Waals surface area contributed by atoms with Crippen LogP contribution in [0, 0.1) is 0 Å². The molecule has 0 atom stereocenters. The number of aliphatic carboxylic acids is 1. The Morgan fingerprint density at radius 3 is 2.32 bits per heavy atom. The van der Waals surface area contributed by atoms with Gasteiger partial charge in [0, 0.05) is 18.6 Å². The number of ether oxygens (including phenoxy) is 1. The van der Waals surface area contributed by atoms with Crippen LogP contribution in [0.15, 0.2) is 24.3 Å². The van der Waals surface area contributed by atoms with Crippen molar-refractivity contribution in [2.75, 3.05) is 26.3 Å². The van der Waals surface area contributed by atoms with Crippen molar-refractivity contribution in [2.24, 2.45) is 0 Å². The summed E-state index contributed by atoms with van der Waals surface area (Å²) in [7, 11) is 0. The lowest BCUT2D eigenvalue weighted by atomic mass is 9.89. The molecule has 0 aromatic heterocycles. The maximum atomic E-state index is 11.3. The third-order valence-corrected chi connectivity index (χ3v) is 4.32. The number of carboxylic acids is 1. The number of benzene rings is 1. The van der Waals surface area contributed by atoms with E-state index in [1.165, 1.54) is 11.1 Å². The Kier molecular flexibility index (Phi) is 3.29. The van der Waals surface area contributed by atoms with Crippen LogP contribution in [0.4, 0.5) is 0 Å². The van der Waals surface area contributed by atoms with Crippen LogP contribution in [-0.2, 0) is 22.4 Å². The molecule has 0 amide bonds. The summed E-state index contributed by atoms with van der Waals surface area (Å²) in [4.78, 5) is 13.6. The van der Waals surface area contributed by atoms with Crippen LogP contribution in [-0.4, -0.2) is 47.8 Å². The fourth-order valence-corrected chi connectivity index (χ4v) is 3.45. The molecule has 1 aromatic rings. The molecule has 1 aromatic carbocycles. The Bertz CT molecular complexity index is 455. The first-order chi connectivity index (χ1) is 9.20. The molecule has 0 bridgehead atoms. The van der Waals surface area contributed by atoms with E-state index < -0.39 is 5.97 Å². The van der Waals surface area contributed by atoms with Gasteiger partial charge in [-0.05, 0) is 24.0 Å². The Labute approximate surface area is 113 Å². The fraction of sp³-hybridized carbons (Fsp3) is 0.533. The number of carboxylic acid groups (broad SMARTS) is 1. The van der Waals surface area contributed by atoms with Crippen molar-refractivity contribution >= 4 is 5.97 Å². The SMILES string of the molecule is O=C(O)CC1(N2CCOCC2)Cc2ccccc2C1. The van der Waals surface area contributed by atoms with Crippen LogP contribution in [0.2, 0.25) is 0 Å². The second-order valence-corrected chi connectivity index (χ2v) is 5.52. The van der Waals surface area contributed by atoms with E-state index >= 15 is 0 Å². The summed E-state index contributed by atoms with van der Waals surface area (Å²) >= 11 is 0. The molecule has 1 aliphatic carbocycles. The molecule has 1 heterocycles. The molecule has 4 nitrogen and oxygen atoms in total. The topological polar surface area (TPSA) is 49.8 Å². The lowest BCUT2D eigenvalue weighted by molar-refractivity contribution is -0.141. The largest absolute Gasteiger partial charge is 0.481 e. The van der Waals surface area contributed by atoms with Crippen molar-refractivity contribution < 1.29 is 14.6 Å². The highest BCUT2D eigenvalue weighted by Crippen LogP contribution is 2.37. The van der Waals surface area contributed by atoms with Crippen LogP contribution >= 0.6 is 0 Å². The molecule has 3 rings (SSSR count). The predicted molar refractivity (Wildman–Crippen MR) is 71.2 cm³/mol. The first kappa shape index (κ1) is 12.6. The molecule has 0 unspecified atom stereocenters. The minimum absolute atomic E-state index is 0.210. The van der Waals surface area contributed by atoms with Gasteiger partial charge in [-0.3, -0.25) is 9.69 Å². The van der Waals surface area contributed by atoms with Gasteiger partial charge in [-0.2, -0.15) is 0 Å². The van der Waals surface area contributed by atoms with Gasteiger partial charge in [0.05, 0.1) is 19.6 Å². The van der Waals surface area contributed by atoms with Gasteiger partial charge in [0.2, 0.25) is 0 Å². The summed E-state index contributed by atoms with van der Waals surface area (Å²) in [5.41, 5.74) is 2.35. The average molecular weight is 261 g/mol. The standard InChI is InChI=1S/C15H19NO3/c17-14(18)11-15(16-5-7-19-8-6-16)9-12-3-1-2-4-13(12)10-15/h1-4H,5-11H2,(H,17,18). The highest BCUT2D eigenvalue weighted by molar-refractivity contribution is 5.69. The third-order valence-electron chi connectivity index (χ3n) is 4.32. The Morgan fingerprint density at radius 1 is 1.21 bits per heavy atom. The number of carbonyl (C=O) groups is 1. The lowest BCUT2D eigenvalue weighted by Gasteiger charge is -2.42. The normalized spacial score (nSPS) is 22.1. The predicted octanol–water partition coefficient (Wildman–Crippen LogP) is 1.33. The van der Waals surface area contributed by atoms with E-state index in [0.717, 1.165) is 25.9 Å². The number of hydrogen-bond acceptors (Lipinski definition) is 3. The molecule has 2 aliphatic rings. The minimum atomic E-state index is -0.709. The van der Waals surface area contributed by atoms with Crippen LogP contribution in [0.3, 0.4) is 0 Å². The number of rotatable bonds is 3. The molecular formula is C15H19NO3. The van der Waals surface area contributed by atoms with Crippen molar-refractivity contribution in [1.29, 1.82) is 0 Å². The minimum Gasteiger partial charge on any atom is -0.481 e. The van der Waals surface area contributed by atoms with E-state index in [9.17, 15) is 9.90 Å². The van der Waals surface area contributed by atoms with Crippen molar-refractivity contribution in [3.05, 3.63) is 35.4 Å². The highest BCUT2D eigenvalue weighted by Gasteiger charge is 2.44. The number of fused-ring (bicyclic) bond motifs is 1. The van der Waals surface area contributed by atoms with Crippen LogP contribution in [0.5, 0.6) is 0 Å². The summed E-state index contributed by atoms with van der Waals surface area (Å²) in [6.07, 6.45) is 1.90. The van der Waals surface area contributed by atoms with Gasteiger partial charge in [-0.1, -0.05) is 24.3 Å². The smallest absolute Gasteiger partial charge is 0.305 e. The summed E-state index contributed by atoms with van der Waals surface area (Å²) < 4.78 is 5.40. The van der Waals surface area contributed by atoms with Crippen molar-refractivity contribution in [1.82, 2.24) is 4.90 Å². The maximum absolute atomic E-state index is 11.3. The van der Waals surface area contributed by atoms with Crippen molar-refractivity contribution in [3.8, 4) is 0 Å². The van der Waals surface area contributed by atoms with Gasteiger partial charge < -0.3 is 9.84 Å². The van der Waals surface area contributed by atoms with E-state index in [4.69, 9.17) is 4.74 Å². The summed E-state index contributed by atoms with van der Waals surface area (Å²) in [5, 5.41) is 9.29. The van der Waals surface area contributed by atoms with E-state index in [1.54, 1.807) is 0 Å². The van der Waals surface area contributed by atoms with Gasteiger partial charge in [-0.15, -0.1) is 0 Å². The number of morpholine rings is 1. The number of hydrogen-bond donors (Lipinski definition) is 1. The summed E-state index contributed by atoms with van der Waals surface area (Å²) in [5.74, 6) is -0.709. The van der Waals surface area contributed by atoms with Gasteiger partial charge in [0.1, 0.15) is 0 Å². The van der Waals surface area contributed by atoms with Gasteiger partial charge in [0.25, 0.3) is 0 Å². The Morgan fingerprint density at radius 2 is 1.79 bits per heavy atom. The molecule has 4 heteroatoms. The van der Waals surface area contributed by atoms with Gasteiger partial charge >= 0.3 is 5.97 Å². The monoisotopic (exact) mass is 261 g/mol. The van der Waals surface area contributed by atoms with Crippen molar-refractivity contribution in [3.63, 3.8) is 0 Å². The first-order valence-electron chi connectivity index (χ1n) is 6.81. The average Bonchev–Trinajstić information content (AvgIpc) is 2.78. The van der Waals surface area contributed by atoms with Gasteiger partial charge in [0.15, 0.2) is 0 Å². The van der Waals surface area contributed by atoms with E-state index in [2.05, 4.69) is 17.0 Å². The van der Waals surface area contributed by atoms with Crippen LogP contribution in [0.1, 0.15) is 17.5 Å². The van der Waals surface area contributed by atoms with Crippen molar-refractivity contribution in [2.45, 2.75) is 24.8 Å². The van der Waals surface area contributed by atoms with E-state index in [-0.39, 0.29) is 12.0 Å². The molecular weight excluding hydrogens is 242 g/mol. The molecule has 102 valence electrons. The second-order valence-electron chi connectivity index (χ2n) is 5.52. The van der Waals surface area contributed by atoms with Crippen LogP contribution < -0.4 is 0 Å². The Balaban J connectivity index is 1.89. The molecule has 1 aliphatic heterocycles. The van der Waals surface area contributed by atoms with Gasteiger partial charge in [-0.25, -0.2) is 0 Å². The Hall–Kier alpha value is -1.39. The molecule has 1 N–H and O–H groups in total. The quantitative estimate of drug-likeness (QED) is 0.892. The van der Waals surface area contributed by atoms with E-state index in [1.807, 2.05) is 12.1 Å².